The molecule has 0 radical (unpaired) electrons. The number of hydrogen-bond donors (Lipinski definition) is 0. The molecule has 6 nitrogen and oxygen atoms in total. The van der Waals surface area contributed by atoms with E-state index in [-0.39, 0.29) is 53.1 Å². The molecule has 0 aromatic rings. The van der Waals surface area contributed by atoms with Gasteiger partial charge in [0, 0.05) is 18.2 Å². The van der Waals surface area contributed by atoms with Crippen molar-refractivity contribution < 1.29 is 53.8 Å². The Balaban J connectivity index is 0.00000162. The van der Waals surface area contributed by atoms with Crippen LogP contribution in [0, 0.1) is 0 Å². The number of ether oxygens (including phenoxy) is 1. The van der Waals surface area contributed by atoms with Gasteiger partial charge in [-0.3, -0.25) is 14.5 Å². The monoisotopic (exact) mass is 279 g/mol. The van der Waals surface area contributed by atoms with Crippen LogP contribution in [0.5, 0.6) is 0 Å². The number of thioether (sulfide) groups is 1. The predicted molar refractivity (Wildman–Crippen MR) is 56.4 cm³/mol. The normalized spacial score (nSPS) is 21.7. The SMILES string of the molecule is CC(=O)OCC1=C(C(=O)[O-])N2C(=O)C[C@H]2SC1.[Na+]. The molecular weight excluding hydrogens is 269 g/mol. The third-order valence-corrected chi connectivity index (χ3v) is 3.85. The van der Waals surface area contributed by atoms with E-state index in [0.29, 0.717) is 17.7 Å². The van der Waals surface area contributed by atoms with Crippen molar-refractivity contribution in [2.24, 2.45) is 0 Å². The summed E-state index contributed by atoms with van der Waals surface area (Å²) >= 11 is 1.46. The Morgan fingerprint density at radius 2 is 2.22 bits per heavy atom. The largest absolute Gasteiger partial charge is 1.00 e. The zero-order valence-electron chi connectivity index (χ0n) is 10.1. The molecule has 0 aromatic heterocycles. The molecule has 92 valence electrons. The van der Waals surface area contributed by atoms with E-state index in [1.807, 2.05) is 0 Å². The van der Waals surface area contributed by atoms with Crippen molar-refractivity contribution in [3.05, 3.63) is 11.3 Å². The first-order valence-corrected chi connectivity index (χ1v) is 6.06. The number of amides is 1. The molecular formula is C10H10NNaO5S. The standard InChI is InChI=1S/C10H11NO5S.Na/c1-5(12)16-3-6-4-17-8-2-7(13)11(8)9(6)10(14)15;/h8H,2-4H2,1H3,(H,14,15);/q;+1/p-1/t8-;/m1./s1. The fourth-order valence-electron chi connectivity index (χ4n) is 1.77. The zero-order chi connectivity index (χ0) is 12.6. The van der Waals surface area contributed by atoms with Crippen molar-refractivity contribution in [2.45, 2.75) is 18.7 Å². The van der Waals surface area contributed by atoms with Gasteiger partial charge >= 0.3 is 35.5 Å². The van der Waals surface area contributed by atoms with Crippen LogP contribution in [0.25, 0.3) is 0 Å². The number of hydrogen-bond acceptors (Lipinski definition) is 6. The van der Waals surface area contributed by atoms with Crippen LogP contribution >= 0.6 is 11.8 Å². The fraction of sp³-hybridized carbons (Fsp3) is 0.500. The van der Waals surface area contributed by atoms with E-state index < -0.39 is 11.9 Å². The number of aliphatic carboxylic acids is 1. The number of fused-ring (bicyclic) bond motifs is 1. The molecule has 8 heteroatoms. The molecule has 2 rings (SSSR count). The summed E-state index contributed by atoms with van der Waals surface area (Å²) in [5.74, 6) is -1.69. The van der Waals surface area contributed by atoms with Crippen molar-refractivity contribution in [3.8, 4) is 0 Å². The first-order valence-electron chi connectivity index (χ1n) is 5.01. The van der Waals surface area contributed by atoms with Crippen LogP contribution in [0.1, 0.15) is 13.3 Å². The number of rotatable bonds is 3. The minimum atomic E-state index is -1.40. The van der Waals surface area contributed by atoms with Gasteiger partial charge in [0.15, 0.2) is 0 Å². The first-order chi connectivity index (χ1) is 8.00. The molecule has 1 amide bonds. The molecule has 0 N–H and O–H groups in total. The van der Waals surface area contributed by atoms with Crippen LogP contribution in [-0.4, -0.2) is 40.5 Å². The molecule has 1 fully saturated rings. The molecule has 0 aliphatic carbocycles. The van der Waals surface area contributed by atoms with Gasteiger partial charge < -0.3 is 14.6 Å². The van der Waals surface area contributed by atoms with Crippen molar-refractivity contribution in [3.63, 3.8) is 0 Å². The Kier molecular flexibility index (Phi) is 5.27. The van der Waals surface area contributed by atoms with Crippen molar-refractivity contribution in [2.75, 3.05) is 12.4 Å². The number of carboxylic acid groups (broad SMARTS) is 1. The summed E-state index contributed by atoms with van der Waals surface area (Å²) in [5.41, 5.74) is 0.278. The summed E-state index contributed by atoms with van der Waals surface area (Å²) in [6.07, 6.45) is 0.349. The van der Waals surface area contributed by atoms with E-state index in [2.05, 4.69) is 0 Å². The van der Waals surface area contributed by atoms with Gasteiger partial charge in [0.2, 0.25) is 5.91 Å². The topological polar surface area (TPSA) is 86.7 Å². The summed E-state index contributed by atoms with van der Waals surface area (Å²) < 4.78 is 4.77. The molecule has 18 heavy (non-hydrogen) atoms. The van der Waals surface area contributed by atoms with Crippen LogP contribution in [0.15, 0.2) is 11.3 Å². The first kappa shape index (κ1) is 15.6. The smallest absolute Gasteiger partial charge is 0.543 e. The van der Waals surface area contributed by atoms with E-state index in [4.69, 9.17) is 4.74 Å². The second-order valence-corrected chi connectivity index (χ2v) is 4.92. The summed E-state index contributed by atoms with van der Waals surface area (Å²) in [6, 6.07) is 0. The zero-order valence-corrected chi connectivity index (χ0v) is 12.9. The van der Waals surface area contributed by atoms with Crippen LogP contribution in [0.4, 0.5) is 0 Å². The van der Waals surface area contributed by atoms with Gasteiger partial charge in [-0.2, -0.15) is 0 Å². The summed E-state index contributed by atoms with van der Waals surface area (Å²) in [5, 5.41) is 10.9. The Bertz CT molecular complexity index is 436. The third kappa shape index (κ3) is 2.90. The maximum Gasteiger partial charge on any atom is 1.00 e. The number of carbonyl (C=O) groups is 3. The van der Waals surface area contributed by atoms with Crippen LogP contribution in [-0.2, 0) is 19.1 Å². The van der Waals surface area contributed by atoms with Gasteiger partial charge in [-0.05, 0) is 0 Å². The van der Waals surface area contributed by atoms with Crippen molar-refractivity contribution in [1.29, 1.82) is 0 Å². The maximum absolute atomic E-state index is 11.3. The summed E-state index contributed by atoms with van der Waals surface area (Å²) in [4.78, 5) is 34.3. The third-order valence-electron chi connectivity index (χ3n) is 2.57. The number of carboxylic acids is 1. The molecule has 0 unspecified atom stereocenters. The quantitative estimate of drug-likeness (QED) is 0.296. The van der Waals surface area contributed by atoms with E-state index >= 15 is 0 Å². The van der Waals surface area contributed by atoms with Gasteiger partial charge in [0.1, 0.15) is 6.61 Å². The van der Waals surface area contributed by atoms with Crippen molar-refractivity contribution >= 4 is 29.6 Å². The second kappa shape index (κ2) is 6.10. The van der Waals surface area contributed by atoms with Crippen LogP contribution in [0.2, 0.25) is 0 Å². The Labute approximate surface area is 130 Å². The molecule has 0 spiro atoms. The molecule has 0 aromatic carbocycles. The molecule has 1 saturated heterocycles. The van der Waals surface area contributed by atoms with Crippen LogP contribution < -0.4 is 34.7 Å². The van der Waals surface area contributed by atoms with Gasteiger partial charge in [-0.15, -0.1) is 11.8 Å². The number of β-lactam (4-membered cyclic amide) rings is 1. The minimum absolute atomic E-state index is 0. The molecule has 1 atom stereocenters. The number of carbonyl (C=O) groups excluding carboxylic acids is 3. The fourth-order valence-corrected chi connectivity index (χ4v) is 3.01. The van der Waals surface area contributed by atoms with Gasteiger partial charge in [0.05, 0.1) is 23.5 Å². The van der Waals surface area contributed by atoms with Gasteiger partial charge in [0.25, 0.3) is 0 Å². The maximum atomic E-state index is 11.3. The van der Waals surface area contributed by atoms with E-state index in [1.54, 1.807) is 0 Å². The van der Waals surface area contributed by atoms with E-state index in [1.165, 1.54) is 23.6 Å². The molecule has 0 bridgehead atoms. The average molecular weight is 279 g/mol. The van der Waals surface area contributed by atoms with E-state index in [9.17, 15) is 19.5 Å². The molecule has 2 aliphatic rings. The summed E-state index contributed by atoms with van der Waals surface area (Å²) in [7, 11) is 0. The number of nitrogens with zero attached hydrogens (tertiary/aromatic N) is 1. The minimum Gasteiger partial charge on any atom is -0.543 e. The average Bonchev–Trinajstić information content (AvgIpc) is 2.24. The van der Waals surface area contributed by atoms with Gasteiger partial charge in [-0.1, -0.05) is 0 Å². The predicted octanol–water partition coefficient (Wildman–Crippen LogP) is -4.14. The Morgan fingerprint density at radius 1 is 1.56 bits per heavy atom. The van der Waals surface area contributed by atoms with Gasteiger partial charge in [-0.25, -0.2) is 0 Å². The van der Waals surface area contributed by atoms with E-state index in [0.717, 1.165) is 0 Å². The molecule has 2 heterocycles. The molecule has 0 saturated carbocycles. The van der Waals surface area contributed by atoms with Crippen molar-refractivity contribution in [1.82, 2.24) is 4.90 Å². The Morgan fingerprint density at radius 3 is 2.72 bits per heavy atom. The molecule has 2 aliphatic heterocycles. The number of esters is 1. The summed E-state index contributed by atoms with van der Waals surface area (Å²) in [6.45, 7) is 1.13. The Hall–Kier alpha value is -0.500. The van der Waals surface area contributed by atoms with Crippen LogP contribution in [0.3, 0.4) is 0 Å². The second-order valence-electron chi connectivity index (χ2n) is 3.75.